The molecule has 0 aromatic carbocycles. The maximum Gasteiger partial charge on any atom is 0.243 e. The standard InChI is InChI=1S/C15H26N5O5/c1-8(2)5-10(16)14(24)20-11(3-4-12(17)22)15(25)19-9(7-21)6-13(18)23/h8-11H,3-6,16H2,1-2H3,(H2,17,22)(H2,18,23)(H,19,25)(H,20,24)/t9-,10-,11-/m0/s1. The highest BCUT2D eigenvalue weighted by atomic mass is 16.2. The van der Waals surface area contributed by atoms with Crippen LogP contribution in [-0.4, -0.2) is 48.0 Å². The summed E-state index contributed by atoms with van der Waals surface area (Å²) >= 11 is 0. The molecule has 0 aliphatic carbocycles. The van der Waals surface area contributed by atoms with Crippen LogP contribution in [0.4, 0.5) is 0 Å². The minimum atomic E-state index is -1.25. The van der Waals surface area contributed by atoms with Gasteiger partial charge in [0.05, 0.1) is 12.5 Å². The predicted molar refractivity (Wildman–Crippen MR) is 89.2 cm³/mol. The summed E-state index contributed by atoms with van der Waals surface area (Å²) in [5, 5.41) is 4.67. The van der Waals surface area contributed by atoms with Crippen LogP contribution in [0.1, 0.15) is 39.5 Å². The van der Waals surface area contributed by atoms with Crippen LogP contribution < -0.4 is 27.8 Å². The molecule has 0 bridgehead atoms. The van der Waals surface area contributed by atoms with Gasteiger partial charge in [-0.3, -0.25) is 24.0 Å². The van der Waals surface area contributed by atoms with Gasteiger partial charge in [0, 0.05) is 6.42 Å². The number of nitrogens with one attached hydrogen (secondary N) is 2. The molecule has 0 unspecified atom stereocenters. The summed E-state index contributed by atoms with van der Waals surface area (Å²) in [6, 6.07) is -3.22. The van der Waals surface area contributed by atoms with Gasteiger partial charge >= 0.3 is 0 Å². The van der Waals surface area contributed by atoms with Gasteiger partial charge in [-0.15, -0.1) is 0 Å². The molecule has 0 aliphatic heterocycles. The zero-order valence-corrected chi connectivity index (χ0v) is 14.4. The average Bonchev–Trinajstić information content (AvgIpc) is 2.48. The summed E-state index contributed by atoms with van der Waals surface area (Å²) in [5.74, 6) is -2.62. The number of amides is 4. The van der Waals surface area contributed by atoms with Gasteiger partial charge in [-0.25, -0.2) is 0 Å². The Hall–Kier alpha value is -2.49. The molecule has 0 aliphatic rings. The quantitative estimate of drug-likeness (QED) is 0.259. The first-order chi connectivity index (χ1) is 11.6. The number of nitrogens with two attached hydrogens (primary N) is 3. The highest BCUT2D eigenvalue weighted by molar-refractivity contribution is 5.92. The average molecular weight is 356 g/mol. The third-order valence-corrected chi connectivity index (χ3v) is 3.24. The highest BCUT2D eigenvalue weighted by Gasteiger charge is 2.26. The molecule has 0 rings (SSSR count). The molecule has 10 nitrogen and oxygen atoms in total. The lowest BCUT2D eigenvalue weighted by Gasteiger charge is -2.22. The number of hydrogen-bond acceptors (Lipinski definition) is 6. The molecule has 0 aromatic heterocycles. The SMILES string of the molecule is CC(C)C[C@H](N)C(=O)N[C@@H](CCC(N)=O)C(=O)N[C@H]([C]=O)CC(N)=O. The second kappa shape index (κ2) is 11.1. The first-order valence-corrected chi connectivity index (χ1v) is 7.87. The van der Waals surface area contributed by atoms with E-state index < -0.39 is 48.2 Å². The number of carbonyl (C=O) groups is 4. The normalized spacial score (nSPS) is 14.2. The first-order valence-electron chi connectivity index (χ1n) is 7.87. The smallest absolute Gasteiger partial charge is 0.243 e. The molecule has 3 atom stereocenters. The lowest BCUT2D eigenvalue weighted by atomic mass is 10.0. The van der Waals surface area contributed by atoms with Crippen molar-refractivity contribution in [3.8, 4) is 0 Å². The van der Waals surface area contributed by atoms with E-state index in [0.717, 1.165) is 0 Å². The van der Waals surface area contributed by atoms with E-state index in [0.29, 0.717) is 6.42 Å². The molecule has 0 saturated carbocycles. The van der Waals surface area contributed by atoms with Gasteiger partial charge < -0.3 is 27.8 Å². The van der Waals surface area contributed by atoms with Crippen LogP contribution in [0.3, 0.4) is 0 Å². The van der Waals surface area contributed by atoms with Crippen LogP contribution in [0.15, 0.2) is 0 Å². The van der Waals surface area contributed by atoms with E-state index in [1.807, 2.05) is 13.8 Å². The van der Waals surface area contributed by atoms with E-state index in [-0.39, 0.29) is 18.8 Å². The van der Waals surface area contributed by atoms with Crippen LogP contribution in [-0.2, 0) is 24.0 Å². The summed E-state index contributed by atoms with van der Waals surface area (Å²) in [5.41, 5.74) is 15.8. The maximum atomic E-state index is 12.2. The van der Waals surface area contributed by atoms with Gasteiger partial charge in [-0.1, -0.05) is 13.8 Å². The van der Waals surface area contributed by atoms with Crippen molar-refractivity contribution in [2.24, 2.45) is 23.1 Å². The van der Waals surface area contributed by atoms with Crippen molar-refractivity contribution in [2.75, 3.05) is 0 Å². The summed E-state index contributed by atoms with van der Waals surface area (Å²) in [7, 11) is 0. The fourth-order valence-corrected chi connectivity index (χ4v) is 2.04. The molecule has 0 saturated heterocycles. The van der Waals surface area contributed by atoms with Crippen LogP contribution in [0.5, 0.6) is 0 Å². The summed E-state index contributed by atoms with van der Waals surface area (Å²) in [6.07, 6.45) is 1.20. The van der Waals surface area contributed by atoms with Gasteiger partial charge in [0.1, 0.15) is 12.1 Å². The largest absolute Gasteiger partial charge is 0.370 e. The number of rotatable bonds is 12. The minimum Gasteiger partial charge on any atom is -0.370 e. The van der Waals surface area contributed by atoms with Crippen LogP contribution in [0, 0.1) is 5.92 Å². The Bertz CT molecular complexity index is 509. The van der Waals surface area contributed by atoms with E-state index in [4.69, 9.17) is 17.2 Å². The lowest BCUT2D eigenvalue weighted by Crippen LogP contribution is -2.54. The van der Waals surface area contributed by atoms with Crippen LogP contribution >= 0.6 is 0 Å². The summed E-state index contributed by atoms with van der Waals surface area (Å²) < 4.78 is 0. The summed E-state index contributed by atoms with van der Waals surface area (Å²) in [6.45, 7) is 3.78. The molecule has 0 spiro atoms. The zero-order chi connectivity index (χ0) is 19.6. The van der Waals surface area contributed by atoms with Crippen LogP contribution in [0.2, 0.25) is 0 Å². The Labute approximate surface area is 146 Å². The van der Waals surface area contributed by atoms with Gasteiger partial charge in [-0.2, -0.15) is 0 Å². The Morgan fingerprint density at radius 2 is 1.60 bits per heavy atom. The first kappa shape index (κ1) is 22.5. The molecule has 25 heavy (non-hydrogen) atoms. The van der Waals surface area contributed by atoms with Gasteiger partial charge in [0.15, 0.2) is 0 Å². The van der Waals surface area contributed by atoms with Gasteiger partial charge in [0.25, 0.3) is 0 Å². The van der Waals surface area contributed by atoms with E-state index in [9.17, 15) is 24.0 Å². The van der Waals surface area contributed by atoms with Crippen LogP contribution in [0.25, 0.3) is 0 Å². The zero-order valence-electron chi connectivity index (χ0n) is 14.4. The molecule has 8 N–H and O–H groups in total. The molecule has 10 heteroatoms. The molecular weight excluding hydrogens is 330 g/mol. The number of hydrogen-bond donors (Lipinski definition) is 5. The topological polar surface area (TPSA) is 187 Å². The molecule has 0 fully saturated rings. The second-order valence-electron chi connectivity index (χ2n) is 6.15. The minimum absolute atomic E-state index is 0.0799. The lowest BCUT2D eigenvalue weighted by molar-refractivity contribution is -0.130. The van der Waals surface area contributed by atoms with Crippen molar-refractivity contribution in [3.05, 3.63) is 0 Å². The van der Waals surface area contributed by atoms with Crippen molar-refractivity contribution in [1.29, 1.82) is 0 Å². The van der Waals surface area contributed by atoms with Gasteiger partial charge in [-0.05, 0) is 18.8 Å². The monoisotopic (exact) mass is 356 g/mol. The Balaban J connectivity index is 4.97. The van der Waals surface area contributed by atoms with Crippen molar-refractivity contribution >= 4 is 29.9 Å². The van der Waals surface area contributed by atoms with E-state index in [1.54, 1.807) is 0 Å². The highest BCUT2D eigenvalue weighted by Crippen LogP contribution is 2.05. The fourth-order valence-electron chi connectivity index (χ4n) is 2.04. The number of primary amides is 2. The molecule has 141 valence electrons. The Morgan fingerprint density at radius 3 is 2.04 bits per heavy atom. The number of carbonyl (C=O) groups excluding carboxylic acids is 5. The molecule has 1 radical (unpaired) electrons. The van der Waals surface area contributed by atoms with Crippen molar-refractivity contribution in [1.82, 2.24) is 10.6 Å². The van der Waals surface area contributed by atoms with Gasteiger partial charge in [0.2, 0.25) is 29.9 Å². The Kier molecular flexibility index (Phi) is 10.0. The predicted octanol–water partition coefficient (Wildman–Crippen LogP) is -2.42. The van der Waals surface area contributed by atoms with Crippen molar-refractivity contribution in [3.63, 3.8) is 0 Å². The molecule has 0 heterocycles. The molecular formula is C15H26N5O5. The third-order valence-electron chi connectivity index (χ3n) is 3.24. The molecule has 4 amide bonds. The summed E-state index contributed by atoms with van der Waals surface area (Å²) in [4.78, 5) is 56.9. The molecule has 0 aromatic rings. The van der Waals surface area contributed by atoms with E-state index in [1.165, 1.54) is 6.29 Å². The van der Waals surface area contributed by atoms with E-state index >= 15 is 0 Å². The fraction of sp³-hybridized carbons (Fsp3) is 0.667. The van der Waals surface area contributed by atoms with E-state index in [2.05, 4.69) is 10.6 Å². The van der Waals surface area contributed by atoms with Crippen molar-refractivity contribution < 1.29 is 24.0 Å². The maximum absolute atomic E-state index is 12.2. The second-order valence-corrected chi connectivity index (χ2v) is 6.15. The third kappa shape index (κ3) is 10.1. The Morgan fingerprint density at radius 1 is 1.00 bits per heavy atom. The van der Waals surface area contributed by atoms with Crippen molar-refractivity contribution in [2.45, 2.75) is 57.7 Å².